The van der Waals surface area contributed by atoms with E-state index in [1.165, 1.54) is 5.56 Å². The lowest BCUT2D eigenvalue weighted by molar-refractivity contribution is -0.122. The molecule has 2 heterocycles. The summed E-state index contributed by atoms with van der Waals surface area (Å²) in [7, 11) is 2.03. The van der Waals surface area contributed by atoms with Gasteiger partial charge in [-0.1, -0.05) is 6.92 Å². The van der Waals surface area contributed by atoms with Crippen LogP contribution < -0.4 is 5.32 Å². The van der Waals surface area contributed by atoms with E-state index in [1.807, 2.05) is 19.2 Å². The van der Waals surface area contributed by atoms with Crippen molar-refractivity contribution in [1.82, 2.24) is 15.2 Å². The van der Waals surface area contributed by atoms with Gasteiger partial charge in [-0.3, -0.25) is 9.78 Å². The first kappa shape index (κ1) is 15.9. The van der Waals surface area contributed by atoms with Crippen molar-refractivity contribution < 1.29 is 9.53 Å². The van der Waals surface area contributed by atoms with Gasteiger partial charge in [-0.2, -0.15) is 0 Å². The molecule has 1 aliphatic rings. The molecule has 1 aromatic heterocycles. The van der Waals surface area contributed by atoms with E-state index < -0.39 is 0 Å². The van der Waals surface area contributed by atoms with Gasteiger partial charge in [-0.05, 0) is 37.7 Å². The number of amides is 1. The maximum atomic E-state index is 12.0. The molecule has 0 bridgehead atoms. The number of ether oxygens (including phenoxy) is 1. The second kappa shape index (κ2) is 8.10. The van der Waals surface area contributed by atoms with Crippen LogP contribution >= 0.6 is 0 Å². The fourth-order valence-corrected chi connectivity index (χ4v) is 2.51. The van der Waals surface area contributed by atoms with Gasteiger partial charge in [0.05, 0.1) is 19.3 Å². The molecule has 0 aliphatic carbocycles. The minimum absolute atomic E-state index is 0.116. The molecule has 21 heavy (non-hydrogen) atoms. The van der Waals surface area contributed by atoms with Gasteiger partial charge < -0.3 is 15.0 Å². The summed E-state index contributed by atoms with van der Waals surface area (Å²) in [6, 6.07) is 4.17. The van der Waals surface area contributed by atoms with Crippen molar-refractivity contribution in [3.63, 3.8) is 0 Å². The highest BCUT2D eigenvalue weighted by molar-refractivity contribution is 5.76. The van der Waals surface area contributed by atoms with Crippen LogP contribution in [0.15, 0.2) is 24.5 Å². The van der Waals surface area contributed by atoms with Gasteiger partial charge >= 0.3 is 0 Å². The molecule has 5 nitrogen and oxygen atoms in total. The molecular weight excluding hydrogens is 266 g/mol. The Bertz CT molecular complexity index is 438. The van der Waals surface area contributed by atoms with E-state index in [0.29, 0.717) is 25.6 Å². The number of nitrogens with one attached hydrogen (secondary N) is 1. The van der Waals surface area contributed by atoms with E-state index in [-0.39, 0.29) is 11.9 Å². The van der Waals surface area contributed by atoms with Crippen molar-refractivity contribution in [1.29, 1.82) is 0 Å². The Kier molecular flexibility index (Phi) is 6.14. The van der Waals surface area contributed by atoms with Gasteiger partial charge in [0.2, 0.25) is 5.91 Å². The molecule has 0 unspecified atom stereocenters. The van der Waals surface area contributed by atoms with E-state index in [0.717, 1.165) is 19.5 Å². The van der Waals surface area contributed by atoms with Crippen LogP contribution in [0.5, 0.6) is 0 Å². The second-order valence-electron chi connectivity index (χ2n) is 5.68. The number of carbonyl (C=O) groups is 1. The molecule has 1 aliphatic heterocycles. The lowest BCUT2D eigenvalue weighted by Gasteiger charge is -2.20. The number of hydrogen-bond acceptors (Lipinski definition) is 4. The van der Waals surface area contributed by atoms with Gasteiger partial charge in [-0.15, -0.1) is 0 Å². The smallest absolute Gasteiger partial charge is 0.221 e. The normalized spacial score (nSPS) is 21.7. The number of carbonyl (C=O) groups excluding carboxylic acids is 1. The zero-order valence-corrected chi connectivity index (χ0v) is 12.9. The predicted octanol–water partition coefficient (Wildman–Crippen LogP) is 1.10. The van der Waals surface area contributed by atoms with E-state index in [2.05, 4.69) is 22.1 Å². The molecule has 1 N–H and O–H groups in total. The Hall–Kier alpha value is -1.46. The van der Waals surface area contributed by atoms with Crippen LogP contribution in [0.2, 0.25) is 0 Å². The first-order valence-electron chi connectivity index (χ1n) is 7.63. The van der Waals surface area contributed by atoms with Crippen LogP contribution in [0.1, 0.15) is 18.9 Å². The first-order valence-corrected chi connectivity index (χ1v) is 7.63. The number of rotatable bonds is 7. The maximum Gasteiger partial charge on any atom is 0.221 e. The summed E-state index contributed by atoms with van der Waals surface area (Å²) >= 11 is 0. The zero-order valence-electron chi connectivity index (χ0n) is 12.9. The van der Waals surface area contributed by atoms with Crippen LogP contribution in [-0.2, 0) is 16.0 Å². The molecule has 1 aromatic rings. The standard InChI is InChI=1S/C16H25N3O2/c1-3-19(2)9-6-16(20)18-15-12-21-11-14(15)10-13-4-7-17-8-5-13/h4-5,7-8,14-15H,3,6,9-12H2,1-2H3,(H,18,20)/t14-,15-/m1/s1. The molecule has 0 saturated carbocycles. The molecule has 0 spiro atoms. The van der Waals surface area contributed by atoms with E-state index >= 15 is 0 Å². The molecule has 1 amide bonds. The van der Waals surface area contributed by atoms with Crippen LogP contribution in [0.4, 0.5) is 0 Å². The monoisotopic (exact) mass is 291 g/mol. The number of hydrogen-bond donors (Lipinski definition) is 1. The Morgan fingerprint density at radius 2 is 2.19 bits per heavy atom. The van der Waals surface area contributed by atoms with Crippen LogP contribution in [0.25, 0.3) is 0 Å². The number of pyridine rings is 1. The average Bonchev–Trinajstić information content (AvgIpc) is 2.93. The minimum Gasteiger partial charge on any atom is -0.379 e. The molecule has 1 fully saturated rings. The molecule has 116 valence electrons. The summed E-state index contributed by atoms with van der Waals surface area (Å²) in [4.78, 5) is 18.2. The van der Waals surface area contributed by atoms with Crippen molar-refractivity contribution in [2.45, 2.75) is 25.8 Å². The van der Waals surface area contributed by atoms with Gasteiger partial charge in [0.1, 0.15) is 0 Å². The van der Waals surface area contributed by atoms with Crippen molar-refractivity contribution in [2.24, 2.45) is 5.92 Å². The summed E-state index contributed by atoms with van der Waals surface area (Å²) in [6.07, 6.45) is 5.07. The van der Waals surface area contributed by atoms with E-state index in [1.54, 1.807) is 12.4 Å². The summed E-state index contributed by atoms with van der Waals surface area (Å²) < 4.78 is 5.55. The Morgan fingerprint density at radius 1 is 1.43 bits per heavy atom. The zero-order chi connectivity index (χ0) is 15.1. The topological polar surface area (TPSA) is 54.5 Å². The van der Waals surface area contributed by atoms with Crippen molar-refractivity contribution in [3.8, 4) is 0 Å². The highest BCUT2D eigenvalue weighted by Crippen LogP contribution is 2.19. The van der Waals surface area contributed by atoms with Crippen molar-refractivity contribution in [2.75, 3.05) is 33.4 Å². The van der Waals surface area contributed by atoms with Crippen LogP contribution in [0, 0.1) is 5.92 Å². The van der Waals surface area contributed by atoms with Crippen molar-refractivity contribution >= 4 is 5.91 Å². The highest BCUT2D eigenvalue weighted by atomic mass is 16.5. The summed E-state index contributed by atoms with van der Waals surface area (Å²) in [6.45, 7) is 5.18. The van der Waals surface area contributed by atoms with E-state index in [9.17, 15) is 4.79 Å². The summed E-state index contributed by atoms with van der Waals surface area (Å²) in [5.41, 5.74) is 1.24. The summed E-state index contributed by atoms with van der Waals surface area (Å²) in [5.74, 6) is 0.464. The first-order chi connectivity index (χ1) is 10.2. The van der Waals surface area contributed by atoms with Crippen LogP contribution in [-0.4, -0.2) is 55.2 Å². The minimum atomic E-state index is 0.116. The Morgan fingerprint density at radius 3 is 2.90 bits per heavy atom. The maximum absolute atomic E-state index is 12.0. The number of nitrogens with zero attached hydrogens (tertiary/aromatic N) is 2. The third kappa shape index (κ3) is 5.10. The molecule has 5 heteroatoms. The van der Waals surface area contributed by atoms with Crippen LogP contribution in [0.3, 0.4) is 0 Å². The fraction of sp³-hybridized carbons (Fsp3) is 0.625. The van der Waals surface area contributed by atoms with Gasteiger partial charge in [0.15, 0.2) is 0 Å². The molecule has 2 rings (SSSR count). The third-order valence-electron chi connectivity index (χ3n) is 4.05. The molecule has 0 radical (unpaired) electrons. The Labute approximate surface area is 126 Å². The Balaban J connectivity index is 1.80. The lowest BCUT2D eigenvalue weighted by Crippen LogP contribution is -2.41. The molecule has 2 atom stereocenters. The highest BCUT2D eigenvalue weighted by Gasteiger charge is 2.29. The largest absolute Gasteiger partial charge is 0.379 e. The summed E-state index contributed by atoms with van der Waals surface area (Å²) in [5, 5.41) is 3.12. The molecule has 0 aromatic carbocycles. The lowest BCUT2D eigenvalue weighted by atomic mass is 9.95. The molecule has 1 saturated heterocycles. The number of aromatic nitrogens is 1. The van der Waals surface area contributed by atoms with E-state index in [4.69, 9.17) is 4.74 Å². The SMILES string of the molecule is CCN(C)CCC(=O)N[C@@H]1COC[C@H]1Cc1ccncc1. The average molecular weight is 291 g/mol. The van der Waals surface area contributed by atoms with Gasteiger partial charge in [0, 0.05) is 31.3 Å². The van der Waals surface area contributed by atoms with Crippen molar-refractivity contribution in [3.05, 3.63) is 30.1 Å². The second-order valence-corrected chi connectivity index (χ2v) is 5.68. The molecular formula is C16H25N3O2. The quantitative estimate of drug-likeness (QED) is 0.817. The predicted molar refractivity (Wildman–Crippen MR) is 82.0 cm³/mol. The third-order valence-corrected chi connectivity index (χ3v) is 4.05. The van der Waals surface area contributed by atoms with Gasteiger partial charge in [0.25, 0.3) is 0 Å². The van der Waals surface area contributed by atoms with Gasteiger partial charge in [-0.25, -0.2) is 0 Å². The fourth-order valence-electron chi connectivity index (χ4n) is 2.51.